The molecule has 0 spiro atoms. The Labute approximate surface area is 139 Å². The maximum absolute atomic E-state index is 11.1. The SMILES string of the molecule is CCOc1cc2c(cc1CN1CC[C@H](CNC(C)=O)C1)CCC2. The van der Waals surface area contributed by atoms with Crippen LogP contribution in [0, 0.1) is 5.92 Å². The van der Waals surface area contributed by atoms with Gasteiger partial charge in [0.2, 0.25) is 5.91 Å². The van der Waals surface area contributed by atoms with Crippen molar-refractivity contribution in [3.05, 3.63) is 28.8 Å². The van der Waals surface area contributed by atoms with Crippen molar-refractivity contribution < 1.29 is 9.53 Å². The van der Waals surface area contributed by atoms with Crippen molar-refractivity contribution in [2.75, 3.05) is 26.2 Å². The van der Waals surface area contributed by atoms with Crippen LogP contribution < -0.4 is 10.1 Å². The van der Waals surface area contributed by atoms with E-state index < -0.39 is 0 Å². The summed E-state index contributed by atoms with van der Waals surface area (Å²) in [5.41, 5.74) is 4.31. The molecule has 0 saturated carbocycles. The fourth-order valence-corrected chi connectivity index (χ4v) is 3.82. The van der Waals surface area contributed by atoms with Crippen LogP contribution in [0.3, 0.4) is 0 Å². The zero-order chi connectivity index (χ0) is 16.2. The Balaban J connectivity index is 1.64. The zero-order valence-electron chi connectivity index (χ0n) is 14.4. The molecule has 1 atom stereocenters. The summed E-state index contributed by atoms with van der Waals surface area (Å²) in [5, 5.41) is 2.95. The molecule has 2 aliphatic rings. The topological polar surface area (TPSA) is 41.6 Å². The average Bonchev–Trinajstić information content (AvgIpc) is 3.14. The van der Waals surface area contributed by atoms with Crippen LogP contribution in [0.5, 0.6) is 5.75 Å². The van der Waals surface area contributed by atoms with Crippen LogP contribution in [0.2, 0.25) is 0 Å². The Morgan fingerprint density at radius 2 is 2.13 bits per heavy atom. The Morgan fingerprint density at radius 1 is 1.35 bits per heavy atom. The standard InChI is InChI=1S/C19H28N2O2/c1-3-23-19-10-17-6-4-5-16(17)9-18(19)13-21-8-7-15(12-21)11-20-14(2)22/h9-10,15H,3-8,11-13H2,1-2H3,(H,20,22)/t15-/m1/s1. The lowest BCUT2D eigenvalue weighted by Gasteiger charge is -2.20. The van der Waals surface area contributed by atoms with Gasteiger partial charge in [-0.05, 0) is 62.3 Å². The molecular formula is C19H28N2O2. The van der Waals surface area contributed by atoms with Crippen molar-refractivity contribution in [3.63, 3.8) is 0 Å². The van der Waals surface area contributed by atoms with Gasteiger partial charge in [-0.2, -0.15) is 0 Å². The summed E-state index contributed by atoms with van der Waals surface area (Å²) in [7, 11) is 0. The van der Waals surface area contributed by atoms with Crippen molar-refractivity contribution in [2.45, 2.75) is 46.1 Å². The van der Waals surface area contributed by atoms with Crippen LogP contribution in [-0.2, 0) is 24.2 Å². The summed E-state index contributed by atoms with van der Waals surface area (Å²) in [6, 6.07) is 4.64. The molecule has 4 nitrogen and oxygen atoms in total. The highest BCUT2D eigenvalue weighted by Gasteiger charge is 2.24. The molecule has 1 saturated heterocycles. The quantitative estimate of drug-likeness (QED) is 0.877. The van der Waals surface area contributed by atoms with Crippen LogP contribution in [0.25, 0.3) is 0 Å². The lowest BCUT2D eigenvalue weighted by atomic mass is 10.0. The first kappa shape index (κ1) is 16.3. The van der Waals surface area contributed by atoms with E-state index in [0.717, 1.165) is 45.0 Å². The number of aryl methyl sites for hydroxylation is 2. The number of ether oxygens (including phenoxy) is 1. The van der Waals surface area contributed by atoms with Crippen LogP contribution >= 0.6 is 0 Å². The van der Waals surface area contributed by atoms with E-state index in [1.165, 1.54) is 36.0 Å². The number of hydrogen-bond donors (Lipinski definition) is 1. The van der Waals surface area contributed by atoms with E-state index >= 15 is 0 Å². The van der Waals surface area contributed by atoms with Crippen molar-refractivity contribution in [1.82, 2.24) is 10.2 Å². The number of carbonyl (C=O) groups excluding carboxylic acids is 1. The number of rotatable bonds is 6. The second kappa shape index (κ2) is 7.35. The number of nitrogens with one attached hydrogen (secondary N) is 1. The van der Waals surface area contributed by atoms with E-state index in [2.05, 4.69) is 29.3 Å². The molecule has 0 unspecified atom stereocenters. The fourth-order valence-electron chi connectivity index (χ4n) is 3.82. The van der Waals surface area contributed by atoms with Crippen molar-refractivity contribution in [2.24, 2.45) is 5.92 Å². The molecule has 1 aromatic carbocycles. The smallest absolute Gasteiger partial charge is 0.216 e. The van der Waals surface area contributed by atoms with E-state index in [0.29, 0.717) is 5.92 Å². The summed E-state index contributed by atoms with van der Waals surface area (Å²) in [6.07, 6.45) is 4.83. The van der Waals surface area contributed by atoms with Gasteiger partial charge in [0.05, 0.1) is 6.61 Å². The van der Waals surface area contributed by atoms with E-state index in [4.69, 9.17) is 4.74 Å². The van der Waals surface area contributed by atoms with Crippen LogP contribution in [0.1, 0.15) is 43.4 Å². The van der Waals surface area contributed by atoms with Gasteiger partial charge < -0.3 is 10.1 Å². The van der Waals surface area contributed by atoms with Gasteiger partial charge in [0, 0.05) is 32.1 Å². The summed E-state index contributed by atoms with van der Waals surface area (Å²) in [4.78, 5) is 13.5. The number of benzene rings is 1. The highest BCUT2D eigenvalue weighted by Crippen LogP contribution is 2.31. The molecule has 23 heavy (non-hydrogen) atoms. The largest absolute Gasteiger partial charge is 0.494 e. The Bertz CT molecular complexity index is 571. The van der Waals surface area contributed by atoms with Gasteiger partial charge in [0.25, 0.3) is 0 Å². The van der Waals surface area contributed by atoms with Crippen LogP contribution in [-0.4, -0.2) is 37.0 Å². The molecule has 0 bridgehead atoms. The highest BCUT2D eigenvalue weighted by atomic mass is 16.5. The van der Waals surface area contributed by atoms with Gasteiger partial charge in [-0.1, -0.05) is 6.07 Å². The third-order valence-electron chi connectivity index (χ3n) is 4.98. The number of likely N-dealkylation sites (tertiary alicyclic amines) is 1. The van der Waals surface area contributed by atoms with E-state index in [9.17, 15) is 4.79 Å². The number of fused-ring (bicyclic) bond motifs is 1. The lowest BCUT2D eigenvalue weighted by Crippen LogP contribution is -2.29. The first-order valence-corrected chi connectivity index (χ1v) is 8.90. The summed E-state index contributed by atoms with van der Waals surface area (Å²) < 4.78 is 5.89. The minimum atomic E-state index is 0.0701. The van der Waals surface area contributed by atoms with Gasteiger partial charge in [0.15, 0.2) is 0 Å². The molecule has 1 N–H and O–H groups in total. The molecule has 1 aliphatic carbocycles. The normalized spacial score (nSPS) is 20.5. The number of amides is 1. The molecule has 126 valence electrons. The van der Waals surface area contributed by atoms with E-state index in [1.54, 1.807) is 6.92 Å². The molecule has 0 radical (unpaired) electrons. The van der Waals surface area contributed by atoms with Gasteiger partial charge in [-0.15, -0.1) is 0 Å². The summed E-state index contributed by atoms with van der Waals surface area (Å²) in [6.45, 7) is 8.28. The number of carbonyl (C=O) groups is 1. The van der Waals surface area contributed by atoms with E-state index in [1.807, 2.05) is 0 Å². The van der Waals surface area contributed by atoms with Crippen molar-refractivity contribution >= 4 is 5.91 Å². The van der Waals surface area contributed by atoms with Gasteiger partial charge in [0.1, 0.15) is 5.75 Å². The highest BCUT2D eigenvalue weighted by molar-refractivity contribution is 5.72. The summed E-state index contributed by atoms with van der Waals surface area (Å²) in [5.74, 6) is 1.71. The van der Waals surface area contributed by atoms with Crippen LogP contribution in [0.4, 0.5) is 0 Å². The molecule has 1 aromatic rings. The van der Waals surface area contributed by atoms with Gasteiger partial charge >= 0.3 is 0 Å². The molecule has 1 fully saturated rings. The molecular weight excluding hydrogens is 288 g/mol. The zero-order valence-corrected chi connectivity index (χ0v) is 14.4. The van der Waals surface area contributed by atoms with Crippen molar-refractivity contribution in [3.8, 4) is 5.75 Å². The number of hydrogen-bond acceptors (Lipinski definition) is 3. The Kier molecular flexibility index (Phi) is 5.21. The molecule has 3 rings (SSSR count). The van der Waals surface area contributed by atoms with Crippen LogP contribution in [0.15, 0.2) is 12.1 Å². The van der Waals surface area contributed by atoms with E-state index in [-0.39, 0.29) is 5.91 Å². The second-order valence-electron chi connectivity index (χ2n) is 6.84. The Morgan fingerprint density at radius 3 is 2.87 bits per heavy atom. The van der Waals surface area contributed by atoms with Gasteiger partial charge in [-0.3, -0.25) is 9.69 Å². The summed E-state index contributed by atoms with van der Waals surface area (Å²) >= 11 is 0. The maximum Gasteiger partial charge on any atom is 0.216 e. The molecule has 0 aromatic heterocycles. The number of nitrogens with zero attached hydrogens (tertiary/aromatic N) is 1. The second-order valence-corrected chi connectivity index (χ2v) is 6.84. The predicted molar refractivity (Wildman–Crippen MR) is 91.7 cm³/mol. The molecule has 1 heterocycles. The third kappa shape index (κ3) is 4.05. The average molecular weight is 316 g/mol. The van der Waals surface area contributed by atoms with Crippen molar-refractivity contribution in [1.29, 1.82) is 0 Å². The first-order chi connectivity index (χ1) is 11.2. The first-order valence-electron chi connectivity index (χ1n) is 8.90. The minimum absolute atomic E-state index is 0.0701. The Hall–Kier alpha value is -1.55. The fraction of sp³-hybridized carbons (Fsp3) is 0.632. The molecule has 4 heteroatoms. The monoisotopic (exact) mass is 316 g/mol. The predicted octanol–water partition coefficient (Wildman–Crippen LogP) is 2.53. The third-order valence-corrected chi connectivity index (χ3v) is 4.98. The minimum Gasteiger partial charge on any atom is -0.494 e. The molecule has 1 aliphatic heterocycles. The maximum atomic E-state index is 11.1. The lowest BCUT2D eigenvalue weighted by molar-refractivity contribution is -0.119. The molecule has 1 amide bonds. The van der Waals surface area contributed by atoms with Gasteiger partial charge in [-0.25, -0.2) is 0 Å².